The summed E-state index contributed by atoms with van der Waals surface area (Å²) < 4.78 is 0. The fraction of sp³-hybridized carbons (Fsp3) is 0.571. The molecule has 2 rings (SSSR count). The molecular weight excluding hydrogens is 272 g/mol. The molecule has 1 fully saturated rings. The van der Waals surface area contributed by atoms with E-state index >= 15 is 0 Å². The Morgan fingerprint density at radius 1 is 1.33 bits per heavy atom. The second kappa shape index (κ2) is 5.87. The van der Waals surface area contributed by atoms with Gasteiger partial charge in [0.2, 0.25) is 0 Å². The monoisotopic (exact) mass is 294 g/mol. The van der Waals surface area contributed by atoms with E-state index in [2.05, 4.69) is 9.80 Å². The van der Waals surface area contributed by atoms with Gasteiger partial charge in [0.1, 0.15) is 0 Å². The number of anilines is 2. The van der Waals surface area contributed by atoms with Gasteiger partial charge in [0.25, 0.3) is 5.69 Å². The first-order chi connectivity index (χ1) is 9.76. The van der Waals surface area contributed by atoms with E-state index in [1.165, 1.54) is 12.1 Å². The van der Waals surface area contributed by atoms with Gasteiger partial charge < -0.3 is 15.7 Å². The lowest BCUT2D eigenvalue weighted by Gasteiger charge is -2.38. The van der Waals surface area contributed by atoms with Gasteiger partial charge in [0, 0.05) is 44.9 Å². The molecule has 0 bridgehead atoms. The van der Waals surface area contributed by atoms with Crippen LogP contribution in [0.25, 0.3) is 0 Å². The number of aliphatic hydroxyl groups is 1. The average molecular weight is 294 g/mol. The van der Waals surface area contributed by atoms with Crippen LogP contribution >= 0.6 is 0 Å². The summed E-state index contributed by atoms with van der Waals surface area (Å²) in [5.41, 5.74) is 6.51. The highest BCUT2D eigenvalue weighted by Crippen LogP contribution is 2.28. The fourth-order valence-electron chi connectivity index (χ4n) is 2.64. The number of hydrogen-bond acceptors (Lipinski definition) is 6. The maximum absolute atomic E-state index is 10.7. The van der Waals surface area contributed by atoms with Gasteiger partial charge in [-0.15, -0.1) is 0 Å². The first-order valence-electron chi connectivity index (χ1n) is 7.00. The van der Waals surface area contributed by atoms with Gasteiger partial charge in [-0.1, -0.05) is 0 Å². The molecule has 0 spiro atoms. The first-order valence-corrected chi connectivity index (χ1v) is 7.00. The van der Waals surface area contributed by atoms with Crippen molar-refractivity contribution in [2.24, 2.45) is 0 Å². The van der Waals surface area contributed by atoms with Crippen molar-refractivity contribution in [3.8, 4) is 0 Å². The minimum absolute atomic E-state index is 0.0110. The Kier molecular flexibility index (Phi) is 4.34. The molecule has 7 heteroatoms. The van der Waals surface area contributed by atoms with Crippen LogP contribution < -0.4 is 10.6 Å². The number of nitrogens with zero attached hydrogens (tertiary/aromatic N) is 3. The number of nitro groups is 1. The maximum atomic E-state index is 10.7. The van der Waals surface area contributed by atoms with Gasteiger partial charge >= 0.3 is 0 Å². The lowest BCUT2D eigenvalue weighted by Crippen LogP contribution is -2.50. The number of nitro benzene ring substituents is 1. The molecule has 0 saturated carbocycles. The van der Waals surface area contributed by atoms with Crippen LogP contribution in [0.5, 0.6) is 0 Å². The summed E-state index contributed by atoms with van der Waals surface area (Å²) in [4.78, 5) is 14.6. The Morgan fingerprint density at radius 3 is 2.43 bits per heavy atom. The minimum atomic E-state index is -0.700. The third-order valence-electron chi connectivity index (χ3n) is 3.55. The minimum Gasteiger partial charge on any atom is -0.397 e. The third-order valence-corrected chi connectivity index (χ3v) is 3.55. The number of rotatable bonds is 4. The zero-order chi connectivity index (χ0) is 15.6. The molecule has 0 radical (unpaired) electrons. The highest BCUT2D eigenvalue weighted by Gasteiger charge is 2.24. The van der Waals surface area contributed by atoms with E-state index in [4.69, 9.17) is 5.73 Å². The van der Waals surface area contributed by atoms with Crippen molar-refractivity contribution in [1.29, 1.82) is 0 Å². The maximum Gasteiger partial charge on any atom is 0.271 e. The molecule has 1 saturated heterocycles. The zero-order valence-corrected chi connectivity index (χ0v) is 12.5. The van der Waals surface area contributed by atoms with E-state index in [1.54, 1.807) is 19.9 Å². The summed E-state index contributed by atoms with van der Waals surface area (Å²) in [7, 11) is 0. The van der Waals surface area contributed by atoms with Crippen LogP contribution in [0, 0.1) is 10.1 Å². The molecule has 21 heavy (non-hydrogen) atoms. The van der Waals surface area contributed by atoms with Gasteiger partial charge in [0.15, 0.2) is 0 Å². The summed E-state index contributed by atoms with van der Waals surface area (Å²) in [6.45, 7) is 7.48. The summed E-state index contributed by atoms with van der Waals surface area (Å²) in [6, 6.07) is 4.59. The van der Waals surface area contributed by atoms with Gasteiger partial charge in [-0.3, -0.25) is 15.0 Å². The molecule has 1 aliphatic rings. The SMILES string of the molecule is CC(C)(O)CN1CCN(c2ccc([N+](=O)[O-])cc2N)CC1. The van der Waals surface area contributed by atoms with Crippen LogP contribution in [0.4, 0.5) is 17.1 Å². The third kappa shape index (κ3) is 4.05. The van der Waals surface area contributed by atoms with Gasteiger partial charge in [-0.05, 0) is 19.9 Å². The lowest BCUT2D eigenvalue weighted by atomic mass is 10.1. The Labute approximate surface area is 124 Å². The predicted octanol–water partition coefficient (Wildman–Crippen LogP) is 1.07. The number of β-amino-alcohol motifs (C(OH)–C–C–N with tert-alkyl or cyclic N) is 1. The number of hydrogen-bond donors (Lipinski definition) is 2. The lowest BCUT2D eigenvalue weighted by molar-refractivity contribution is -0.384. The largest absolute Gasteiger partial charge is 0.397 e. The van der Waals surface area contributed by atoms with E-state index in [9.17, 15) is 15.2 Å². The van der Waals surface area contributed by atoms with Crippen LogP contribution in [-0.2, 0) is 0 Å². The van der Waals surface area contributed by atoms with Crippen LogP contribution in [0.1, 0.15) is 13.8 Å². The van der Waals surface area contributed by atoms with Gasteiger partial charge in [0.05, 0.1) is 21.9 Å². The van der Waals surface area contributed by atoms with Crippen molar-refractivity contribution in [3.63, 3.8) is 0 Å². The molecule has 0 amide bonds. The van der Waals surface area contributed by atoms with Crippen molar-refractivity contribution in [3.05, 3.63) is 28.3 Å². The molecule has 0 aliphatic carbocycles. The van der Waals surface area contributed by atoms with E-state index in [0.29, 0.717) is 12.2 Å². The second-order valence-corrected chi connectivity index (χ2v) is 6.08. The topological polar surface area (TPSA) is 95.9 Å². The van der Waals surface area contributed by atoms with E-state index < -0.39 is 10.5 Å². The fourth-order valence-corrected chi connectivity index (χ4v) is 2.64. The molecule has 1 aromatic carbocycles. The van der Waals surface area contributed by atoms with E-state index in [0.717, 1.165) is 31.9 Å². The van der Waals surface area contributed by atoms with E-state index in [1.807, 2.05) is 0 Å². The van der Waals surface area contributed by atoms with Crippen LogP contribution in [0.15, 0.2) is 18.2 Å². The summed E-state index contributed by atoms with van der Waals surface area (Å²) >= 11 is 0. The molecule has 1 aromatic rings. The molecular formula is C14H22N4O3. The molecule has 116 valence electrons. The van der Waals surface area contributed by atoms with E-state index in [-0.39, 0.29) is 5.69 Å². The zero-order valence-electron chi connectivity index (χ0n) is 12.5. The highest BCUT2D eigenvalue weighted by molar-refractivity contribution is 5.70. The normalized spacial score (nSPS) is 17.0. The van der Waals surface area contributed by atoms with Crippen LogP contribution in [0.3, 0.4) is 0 Å². The highest BCUT2D eigenvalue weighted by atomic mass is 16.6. The predicted molar refractivity (Wildman–Crippen MR) is 82.5 cm³/mol. The Bertz CT molecular complexity index is 519. The van der Waals surface area contributed by atoms with Crippen LogP contribution in [0.2, 0.25) is 0 Å². The molecule has 7 nitrogen and oxygen atoms in total. The standard InChI is InChI=1S/C14H22N4O3/c1-14(2,19)10-16-5-7-17(8-6-16)13-4-3-11(18(20)21)9-12(13)15/h3-4,9,19H,5-8,10,15H2,1-2H3. The van der Waals surface area contributed by atoms with Crippen LogP contribution in [-0.4, -0.2) is 53.3 Å². The average Bonchev–Trinajstić information content (AvgIpc) is 2.38. The molecule has 0 atom stereocenters. The Hall–Kier alpha value is -1.86. The van der Waals surface area contributed by atoms with Crippen molar-refractivity contribution < 1.29 is 10.0 Å². The van der Waals surface area contributed by atoms with Crippen molar-refractivity contribution in [2.75, 3.05) is 43.4 Å². The summed E-state index contributed by atoms with van der Waals surface area (Å²) in [6.07, 6.45) is 0. The quantitative estimate of drug-likeness (QED) is 0.490. The molecule has 0 unspecified atom stereocenters. The number of benzene rings is 1. The molecule has 1 aliphatic heterocycles. The number of nitrogen functional groups attached to an aromatic ring is 1. The smallest absolute Gasteiger partial charge is 0.271 e. The second-order valence-electron chi connectivity index (χ2n) is 6.08. The van der Waals surface area contributed by atoms with Gasteiger partial charge in [-0.2, -0.15) is 0 Å². The van der Waals surface area contributed by atoms with Gasteiger partial charge in [-0.25, -0.2) is 0 Å². The number of non-ortho nitro benzene ring substituents is 1. The Balaban J connectivity index is 2.01. The molecule has 1 heterocycles. The first kappa shape index (κ1) is 15.5. The molecule has 3 N–H and O–H groups in total. The summed E-state index contributed by atoms with van der Waals surface area (Å²) in [5.74, 6) is 0. The van der Waals surface area contributed by atoms with Crippen molar-refractivity contribution in [1.82, 2.24) is 4.90 Å². The molecule has 0 aromatic heterocycles. The van der Waals surface area contributed by atoms with Crippen molar-refractivity contribution >= 4 is 17.1 Å². The van der Waals surface area contributed by atoms with Crippen molar-refractivity contribution in [2.45, 2.75) is 19.4 Å². The Morgan fingerprint density at radius 2 is 1.95 bits per heavy atom. The number of nitrogens with two attached hydrogens (primary N) is 1. The summed E-state index contributed by atoms with van der Waals surface area (Å²) in [5, 5.41) is 20.6. The number of piperazine rings is 1.